The first-order chi connectivity index (χ1) is 6.70. The van der Waals surface area contributed by atoms with E-state index in [0.717, 1.165) is 26.1 Å². The average molecular weight is 204 g/mol. The number of unbranched alkanes of at least 4 members (excludes halogenated alkanes) is 1. The Labute approximate surface area is 87.1 Å². The van der Waals surface area contributed by atoms with Crippen LogP contribution < -0.4 is 0 Å². The van der Waals surface area contributed by atoms with Crippen molar-refractivity contribution in [3.05, 3.63) is 0 Å². The van der Waals surface area contributed by atoms with Crippen molar-refractivity contribution in [3.63, 3.8) is 0 Å². The molecule has 0 spiro atoms. The van der Waals surface area contributed by atoms with Crippen molar-refractivity contribution >= 4 is 0 Å². The smallest absolute Gasteiger partial charge is 0.0773 e. The molecular formula is C11H24O3. The van der Waals surface area contributed by atoms with Gasteiger partial charge in [0, 0.05) is 13.2 Å². The minimum Gasteiger partial charge on any atom is -0.394 e. The number of aliphatic hydroxyl groups is 2. The Morgan fingerprint density at radius 2 is 2.00 bits per heavy atom. The van der Waals surface area contributed by atoms with Crippen LogP contribution in [0.25, 0.3) is 0 Å². The largest absolute Gasteiger partial charge is 0.394 e. The summed E-state index contributed by atoms with van der Waals surface area (Å²) in [5.74, 6) is 0.416. The Kier molecular flexibility index (Phi) is 9.35. The molecule has 0 aromatic rings. The summed E-state index contributed by atoms with van der Waals surface area (Å²) in [7, 11) is 0. The van der Waals surface area contributed by atoms with Crippen molar-refractivity contribution in [2.24, 2.45) is 5.92 Å². The van der Waals surface area contributed by atoms with Gasteiger partial charge in [0.15, 0.2) is 0 Å². The average Bonchev–Trinajstić information content (AvgIpc) is 2.17. The van der Waals surface area contributed by atoms with Crippen molar-refractivity contribution < 1.29 is 14.9 Å². The Morgan fingerprint density at radius 3 is 2.57 bits per heavy atom. The fraction of sp³-hybridized carbons (Fsp3) is 1.00. The molecule has 0 fully saturated rings. The fourth-order valence-electron chi connectivity index (χ4n) is 1.29. The van der Waals surface area contributed by atoms with Crippen LogP contribution in [-0.4, -0.2) is 36.1 Å². The van der Waals surface area contributed by atoms with Crippen LogP contribution >= 0.6 is 0 Å². The summed E-state index contributed by atoms with van der Waals surface area (Å²) in [5, 5.41) is 17.8. The van der Waals surface area contributed by atoms with E-state index in [4.69, 9.17) is 9.84 Å². The van der Waals surface area contributed by atoms with Crippen molar-refractivity contribution in [1.82, 2.24) is 0 Å². The lowest BCUT2D eigenvalue weighted by molar-refractivity contribution is 0.0652. The van der Waals surface area contributed by atoms with E-state index in [1.165, 1.54) is 6.42 Å². The highest BCUT2D eigenvalue weighted by Gasteiger charge is 2.08. The van der Waals surface area contributed by atoms with Crippen LogP contribution in [0, 0.1) is 5.92 Å². The van der Waals surface area contributed by atoms with Crippen LogP contribution in [0.5, 0.6) is 0 Å². The monoisotopic (exact) mass is 204 g/mol. The molecule has 2 unspecified atom stereocenters. The van der Waals surface area contributed by atoms with Gasteiger partial charge in [-0.2, -0.15) is 0 Å². The van der Waals surface area contributed by atoms with Gasteiger partial charge in [-0.15, -0.1) is 0 Å². The standard InChI is InChI=1S/C11H24O3/c1-3-4-6-14-7-5-10(2)8-11(13)9-12/h10-13H,3-9H2,1-2H3. The lowest BCUT2D eigenvalue weighted by Gasteiger charge is -2.14. The highest BCUT2D eigenvalue weighted by atomic mass is 16.5. The number of ether oxygens (including phenoxy) is 1. The van der Waals surface area contributed by atoms with Crippen molar-refractivity contribution in [2.45, 2.75) is 45.6 Å². The molecule has 0 saturated heterocycles. The second-order valence-corrected chi connectivity index (χ2v) is 3.93. The van der Waals surface area contributed by atoms with Gasteiger partial charge in [-0.25, -0.2) is 0 Å². The lowest BCUT2D eigenvalue weighted by Crippen LogP contribution is -2.16. The highest BCUT2D eigenvalue weighted by molar-refractivity contribution is 4.59. The van der Waals surface area contributed by atoms with E-state index < -0.39 is 6.10 Å². The zero-order chi connectivity index (χ0) is 10.8. The van der Waals surface area contributed by atoms with Crippen LogP contribution in [-0.2, 0) is 4.74 Å². The number of aliphatic hydroxyl groups excluding tert-OH is 2. The molecule has 14 heavy (non-hydrogen) atoms. The fourth-order valence-corrected chi connectivity index (χ4v) is 1.29. The summed E-state index contributed by atoms with van der Waals surface area (Å²) < 4.78 is 5.42. The van der Waals surface area contributed by atoms with Crippen LogP contribution in [0.3, 0.4) is 0 Å². The van der Waals surface area contributed by atoms with Crippen molar-refractivity contribution in [3.8, 4) is 0 Å². The van der Waals surface area contributed by atoms with E-state index in [1.54, 1.807) is 0 Å². The molecule has 0 amide bonds. The Bertz CT molecular complexity index is 117. The summed E-state index contributed by atoms with van der Waals surface area (Å²) in [6.07, 6.45) is 3.33. The van der Waals surface area contributed by atoms with Gasteiger partial charge in [-0.3, -0.25) is 0 Å². The van der Waals surface area contributed by atoms with Gasteiger partial charge >= 0.3 is 0 Å². The summed E-state index contributed by atoms with van der Waals surface area (Å²) >= 11 is 0. The summed E-state index contributed by atoms with van der Waals surface area (Å²) in [6.45, 7) is 5.68. The highest BCUT2D eigenvalue weighted by Crippen LogP contribution is 2.10. The molecule has 0 bridgehead atoms. The normalized spacial score (nSPS) is 15.4. The molecule has 0 saturated carbocycles. The molecule has 0 aromatic carbocycles. The van der Waals surface area contributed by atoms with E-state index >= 15 is 0 Å². The number of rotatable bonds is 9. The first kappa shape index (κ1) is 13.9. The van der Waals surface area contributed by atoms with E-state index in [9.17, 15) is 5.11 Å². The lowest BCUT2D eigenvalue weighted by atomic mass is 10.0. The summed E-state index contributed by atoms with van der Waals surface area (Å²) in [5.41, 5.74) is 0. The first-order valence-corrected chi connectivity index (χ1v) is 5.57. The van der Waals surface area contributed by atoms with Gasteiger partial charge < -0.3 is 14.9 Å². The number of hydrogen-bond acceptors (Lipinski definition) is 3. The molecule has 0 aromatic heterocycles. The van der Waals surface area contributed by atoms with Crippen LogP contribution in [0.1, 0.15) is 39.5 Å². The van der Waals surface area contributed by atoms with Crippen LogP contribution in [0.2, 0.25) is 0 Å². The molecule has 0 aliphatic heterocycles. The first-order valence-electron chi connectivity index (χ1n) is 5.57. The van der Waals surface area contributed by atoms with Gasteiger partial charge in [-0.05, 0) is 25.2 Å². The Balaban J connectivity index is 3.22. The Hall–Kier alpha value is -0.120. The van der Waals surface area contributed by atoms with Crippen LogP contribution in [0.15, 0.2) is 0 Å². The van der Waals surface area contributed by atoms with Crippen LogP contribution in [0.4, 0.5) is 0 Å². The zero-order valence-electron chi connectivity index (χ0n) is 9.41. The van der Waals surface area contributed by atoms with E-state index in [2.05, 4.69) is 13.8 Å². The van der Waals surface area contributed by atoms with Gasteiger partial charge in [0.25, 0.3) is 0 Å². The second-order valence-electron chi connectivity index (χ2n) is 3.93. The zero-order valence-corrected chi connectivity index (χ0v) is 9.41. The quantitative estimate of drug-likeness (QED) is 0.561. The molecule has 0 aliphatic rings. The molecule has 86 valence electrons. The molecule has 2 atom stereocenters. The minimum atomic E-state index is -0.569. The number of hydrogen-bond donors (Lipinski definition) is 2. The molecule has 0 heterocycles. The van der Waals surface area contributed by atoms with Gasteiger partial charge in [0.05, 0.1) is 12.7 Å². The SMILES string of the molecule is CCCCOCCC(C)CC(O)CO. The molecular weight excluding hydrogens is 180 g/mol. The minimum absolute atomic E-state index is 0.138. The molecule has 0 radical (unpaired) electrons. The summed E-state index contributed by atoms with van der Waals surface area (Å²) in [6, 6.07) is 0. The molecule has 3 nitrogen and oxygen atoms in total. The predicted octanol–water partition coefficient (Wildman–Crippen LogP) is 1.57. The maximum Gasteiger partial charge on any atom is 0.0773 e. The Morgan fingerprint density at radius 1 is 1.29 bits per heavy atom. The van der Waals surface area contributed by atoms with Crippen molar-refractivity contribution in [2.75, 3.05) is 19.8 Å². The van der Waals surface area contributed by atoms with E-state index in [1.807, 2.05) is 0 Å². The second kappa shape index (κ2) is 9.44. The maximum atomic E-state index is 9.18. The third-order valence-electron chi connectivity index (χ3n) is 2.28. The topological polar surface area (TPSA) is 49.7 Å². The molecule has 3 heteroatoms. The summed E-state index contributed by atoms with van der Waals surface area (Å²) in [4.78, 5) is 0. The van der Waals surface area contributed by atoms with E-state index in [-0.39, 0.29) is 6.61 Å². The molecule has 0 aliphatic carbocycles. The van der Waals surface area contributed by atoms with E-state index in [0.29, 0.717) is 12.3 Å². The molecule has 2 N–H and O–H groups in total. The third kappa shape index (κ3) is 8.48. The van der Waals surface area contributed by atoms with Gasteiger partial charge in [0.2, 0.25) is 0 Å². The van der Waals surface area contributed by atoms with Gasteiger partial charge in [-0.1, -0.05) is 20.3 Å². The predicted molar refractivity (Wildman–Crippen MR) is 57.2 cm³/mol. The van der Waals surface area contributed by atoms with Crippen molar-refractivity contribution in [1.29, 1.82) is 0 Å². The molecule has 0 rings (SSSR count). The maximum absolute atomic E-state index is 9.18. The van der Waals surface area contributed by atoms with Gasteiger partial charge in [0.1, 0.15) is 0 Å². The third-order valence-corrected chi connectivity index (χ3v) is 2.28.